The van der Waals surface area contributed by atoms with Gasteiger partial charge in [-0.1, -0.05) is 18.2 Å². The molecule has 1 atom stereocenters. The van der Waals surface area contributed by atoms with E-state index in [0.717, 1.165) is 5.56 Å². The summed E-state index contributed by atoms with van der Waals surface area (Å²) in [5.41, 5.74) is 1.27. The Hall–Kier alpha value is -2.93. The fourth-order valence-corrected chi connectivity index (χ4v) is 2.92. The Kier molecular flexibility index (Phi) is 6.03. The average Bonchev–Trinajstić information content (AvgIpc) is 2.66. The zero-order valence-electron chi connectivity index (χ0n) is 14.6. The molecule has 1 heterocycles. The lowest BCUT2D eigenvalue weighted by Crippen LogP contribution is -2.46. The third-order valence-corrected chi connectivity index (χ3v) is 4.20. The van der Waals surface area contributed by atoms with Crippen LogP contribution in [0.25, 0.3) is 0 Å². The summed E-state index contributed by atoms with van der Waals surface area (Å²) in [7, 11) is 0. The van der Waals surface area contributed by atoms with Crippen LogP contribution in [0.15, 0.2) is 48.5 Å². The first kappa shape index (κ1) is 18.8. The van der Waals surface area contributed by atoms with Crippen LogP contribution in [0.4, 0.5) is 4.39 Å². The second-order valence-corrected chi connectivity index (χ2v) is 6.29. The minimum absolute atomic E-state index is 0.134. The van der Waals surface area contributed by atoms with Crippen LogP contribution < -0.4 is 4.74 Å². The highest BCUT2D eigenvalue weighted by Crippen LogP contribution is 2.17. The average molecular weight is 373 g/mol. The fraction of sp³-hybridized carbons (Fsp3) is 0.300. The molecule has 2 aromatic rings. The smallest absolute Gasteiger partial charge is 0.306 e. The third-order valence-electron chi connectivity index (χ3n) is 4.20. The highest BCUT2D eigenvalue weighted by atomic mass is 19.1. The van der Waals surface area contributed by atoms with Crippen LogP contribution in [-0.2, 0) is 16.1 Å². The summed E-state index contributed by atoms with van der Waals surface area (Å²) in [6.45, 7) is 1.18. The van der Waals surface area contributed by atoms with E-state index in [9.17, 15) is 14.0 Å². The number of ether oxygens (including phenoxy) is 2. The first-order valence-corrected chi connectivity index (χ1v) is 8.61. The SMILES string of the molecule is O=C(O)C[C@@H]1CN(C(=O)c2cccc(COc3cccc(F)c3)c2)CCO1. The van der Waals surface area contributed by atoms with Gasteiger partial charge in [-0.3, -0.25) is 9.59 Å². The van der Waals surface area contributed by atoms with Gasteiger partial charge >= 0.3 is 5.97 Å². The van der Waals surface area contributed by atoms with Crippen molar-refractivity contribution in [3.05, 3.63) is 65.5 Å². The van der Waals surface area contributed by atoms with E-state index in [0.29, 0.717) is 24.5 Å². The van der Waals surface area contributed by atoms with E-state index in [1.807, 2.05) is 6.07 Å². The van der Waals surface area contributed by atoms with Gasteiger partial charge in [0, 0.05) is 24.7 Å². The van der Waals surface area contributed by atoms with Gasteiger partial charge in [-0.15, -0.1) is 0 Å². The molecule has 3 rings (SSSR count). The molecule has 1 aliphatic rings. The molecule has 2 aromatic carbocycles. The second-order valence-electron chi connectivity index (χ2n) is 6.29. The predicted octanol–water partition coefficient (Wildman–Crippen LogP) is 2.72. The lowest BCUT2D eigenvalue weighted by Gasteiger charge is -2.32. The maximum absolute atomic E-state index is 13.2. The van der Waals surface area contributed by atoms with Crippen molar-refractivity contribution in [2.45, 2.75) is 19.1 Å². The van der Waals surface area contributed by atoms with Gasteiger partial charge in [-0.2, -0.15) is 0 Å². The van der Waals surface area contributed by atoms with Crippen LogP contribution in [0.2, 0.25) is 0 Å². The van der Waals surface area contributed by atoms with Gasteiger partial charge in [0.1, 0.15) is 18.2 Å². The number of carboxylic acid groups (broad SMARTS) is 1. The number of halogens is 1. The summed E-state index contributed by atoms with van der Waals surface area (Å²) in [6.07, 6.45) is -0.634. The van der Waals surface area contributed by atoms with E-state index in [2.05, 4.69) is 0 Å². The van der Waals surface area contributed by atoms with Gasteiger partial charge in [-0.25, -0.2) is 4.39 Å². The number of carbonyl (C=O) groups is 2. The number of carbonyl (C=O) groups excluding carboxylic acids is 1. The molecule has 0 bridgehead atoms. The molecule has 142 valence electrons. The van der Waals surface area contributed by atoms with E-state index >= 15 is 0 Å². The highest BCUT2D eigenvalue weighted by Gasteiger charge is 2.26. The Morgan fingerprint density at radius 1 is 1.22 bits per heavy atom. The Labute approximate surface area is 156 Å². The molecule has 0 unspecified atom stereocenters. The number of amides is 1. The van der Waals surface area contributed by atoms with Crippen molar-refractivity contribution in [3.8, 4) is 5.75 Å². The van der Waals surface area contributed by atoms with Crippen molar-refractivity contribution in [2.24, 2.45) is 0 Å². The van der Waals surface area contributed by atoms with Crippen LogP contribution in [-0.4, -0.2) is 47.7 Å². The van der Waals surface area contributed by atoms with Crippen LogP contribution >= 0.6 is 0 Å². The van der Waals surface area contributed by atoms with Crippen LogP contribution in [0, 0.1) is 5.82 Å². The predicted molar refractivity (Wildman–Crippen MR) is 95.1 cm³/mol. The number of rotatable bonds is 6. The van der Waals surface area contributed by atoms with E-state index in [-0.39, 0.29) is 31.3 Å². The van der Waals surface area contributed by atoms with Crippen LogP contribution in [0.1, 0.15) is 22.3 Å². The molecule has 1 aliphatic heterocycles. The largest absolute Gasteiger partial charge is 0.489 e. The summed E-state index contributed by atoms with van der Waals surface area (Å²) < 4.78 is 24.2. The lowest BCUT2D eigenvalue weighted by molar-refractivity contribution is -0.141. The standard InChI is InChI=1S/C20H20FNO5/c21-16-5-2-6-17(10-16)27-13-14-3-1-4-15(9-14)20(25)22-7-8-26-18(12-22)11-19(23)24/h1-6,9-10,18H,7-8,11-13H2,(H,23,24)/t18-/m1/s1. The number of hydrogen-bond donors (Lipinski definition) is 1. The van der Waals surface area contributed by atoms with Crippen molar-refractivity contribution >= 4 is 11.9 Å². The van der Waals surface area contributed by atoms with E-state index in [1.165, 1.54) is 12.1 Å². The van der Waals surface area contributed by atoms with Gasteiger partial charge in [-0.05, 0) is 29.8 Å². The van der Waals surface area contributed by atoms with Gasteiger partial charge in [0.2, 0.25) is 0 Å². The van der Waals surface area contributed by atoms with Crippen molar-refractivity contribution in [3.63, 3.8) is 0 Å². The zero-order valence-corrected chi connectivity index (χ0v) is 14.6. The molecule has 1 N–H and O–H groups in total. The molecule has 0 radical (unpaired) electrons. The minimum atomic E-state index is -0.953. The minimum Gasteiger partial charge on any atom is -0.489 e. The molecule has 1 fully saturated rings. The maximum Gasteiger partial charge on any atom is 0.306 e. The van der Waals surface area contributed by atoms with E-state index < -0.39 is 12.1 Å². The number of nitrogens with zero attached hydrogens (tertiary/aromatic N) is 1. The Morgan fingerprint density at radius 2 is 2.04 bits per heavy atom. The number of morpholine rings is 1. The number of benzene rings is 2. The normalized spacial score (nSPS) is 16.8. The third kappa shape index (κ3) is 5.27. The van der Waals surface area contributed by atoms with Crippen molar-refractivity contribution in [1.29, 1.82) is 0 Å². The number of hydrogen-bond acceptors (Lipinski definition) is 4. The summed E-state index contributed by atoms with van der Waals surface area (Å²) in [4.78, 5) is 25.2. The molecule has 6 nitrogen and oxygen atoms in total. The van der Waals surface area contributed by atoms with Crippen LogP contribution in [0.3, 0.4) is 0 Å². The topological polar surface area (TPSA) is 76.1 Å². The monoisotopic (exact) mass is 373 g/mol. The van der Waals surface area contributed by atoms with E-state index in [1.54, 1.807) is 35.2 Å². The molecule has 0 saturated carbocycles. The molecule has 1 saturated heterocycles. The van der Waals surface area contributed by atoms with Crippen molar-refractivity contribution in [2.75, 3.05) is 19.7 Å². The Morgan fingerprint density at radius 3 is 2.81 bits per heavy atom. The molecular formula is C20H20FNO5. The first-order chi connectivity index (χ1) is 13.0. The summed E-state index contributed by atoms with van der Waals surface area (Å²) in [5.74, 6) is -1.09. The summed E-state index contributed by atoms with van der Waals surface area (Å²) in [6, 6.07) is 12.9. The molecule has 27 heavy (non-hydrogen) atoms. The molecule has 0 spiro atoms. The highest BCUT2D eigenvalue weighted by molar-refractivity contribution is 5.94. The second kappa shape index (κ2) is 8.64. The van der Waals surface area contributed by atoms with Crippen molar-refractivity contribution in [1.82, 2.24) is 4.90 Å². The quantitative estimate of drug-likeness (QED) is 0.843. The van der Waals surface area contributed by atoms with Crippen molar-refractivity contribution < 1.29 is 28.6 Å². The molecule has 7 heteroatoms. The zero-order chi connectivity index (χ0) is 19.2. The van der Waals surface area contributed by atoms with Gasteiger partial charge in [0.25, 0.3) is 5.91 Å². The summed E-state index contributed by atoms with van der Waals surface area (Å²) in [5, 5.41) is 8.89. The molecular weight excluding hydrogens is 353 g/mol. The molecule has 0 aliphatic carbocycles. The van der Waals surface area contributed by atoms with Gasteiger partial charge < -0.3 is 19.5 Å². The number of aliphatic carboxylic acids is 1. The summed E-state index contributed by atoms with van der Waals surface area (Å²) >= 11 is 0. The molecule has 0 aromatic heterocycles. The van der Waals surface area contributed by atoms with E-state index in [4.69, 9.17) is 14.6 Å². The first-order valence-electron chi connectivity index (χ1n) is 8.61. The number of carboxylic acids is 1. The Bertz CT molecular complexity index is 826. The Balaban J connectivity index is 1.63. The van der Waals surface area contributed by atoms with Gasteiger partial charge in [0.05, 0.1) is 19.1 Å². The lowest BCUT2D eigenvalue weighted by atomic mass is 10.1. The van der Waals surface area contributed by atoms with Crippen LogP contribution in [0.5, 0.6) is 5.75 Å². The fourth-order valence-electron chi connectivity index (χ4n) is 2.92. The van der Waals surface area contributed by atoms with Gasteiger partial charge in [0.15, 0.2) is 0 Å². The molecule has 1 amide bonds. The maximum atomic E-state index is 13.2.